The van der Waals surface area contributed by atoms with Gasteiger partial charge in [0.05, 0.1) is 0 Å². The van der Waals surface area contributed by atoms with Crippen LogP contribution in [-0.4, -0.2) is 25.4 Å². The van der Waals surface area contributed by atoms with Crippen LogP contribution in [0.1, 0.15) is 30.9 Å². The molecule has 2 N–H and O–H groups in total. The minimum Gasteiger partial charge on any atom is -0.316 e. The summed E-state index contributed by atoms with van der Waals surface area (Å²) in [6.45, 7) is 3.56. The fourth-order valence-electron chi connectivity index (χ4n) is 2.96. The molecular formula is C15H22N2S. The molecule has 0 bridgehead atoms. The molecule has 1 aromatic rings. The predicted octanol–water partition coefficient (Wildman–Crippen LogP) is 2.81. The Bertz CT molecular complexity index is 388. The molecule has 0 aromatic heterocycles. The number of rotatable bonds is 3. The minimum atomic E-state index is 0.573. The first-order valence-electron chi connectivity index (χ1n) is 7.09. The molecule has 2 unspecified atom stereocenters. The van der Waals surface area contributed by atoms with E-state index in [1.165, 1.54) is 48.6 Å². The van der Waals surface area contributed by atoms with Crippen LogP contribution in [0.3, 0.4) is 0 Å². The number of piperidine rings is 1. The van der Waals surface area contributed by atoms with Gasteiger partial charge in [0.15, 0.2) is 0 Å². The molecule has 2 aliphatic rings. The van der Waals surface area contributed by atoms with E-state index in [0.717, 1.165) is 12.5 Å². The van der Waals surface area contributed by atoms with Crippen LogP contribution < -0.4 is 10.6 Å². The molecule has 3 heteroatoms. The monoisotopic (exact) mass is 262 g/mol. The smallest absolute Gasteiger partial charge is 0.0339 e. The van der Waals surface area contributed by atoms with Crippen LogP contribution in [0.4, 0.5) is 0 Å². The fourth-order valence-corrected chi connectivity index (χ4v) is 4.09. The summed E-state index contributed by atoms with van der Waals surface area (Å²) in [6.07, 6.45) is 3.98. The molecule has 98 valence electrons. The molecule has 1 aromatic carbocycles. The van der Waals surface area contributed by atoms with Gasteiger partial charge >= 0.3 is 0 Å². The summed E-state index contributed by atoms with van der Waals surface area (Å²) in [5, 5.41) is 7.29. The highest BCUT2D eigenvalue weighted by molar-refractivity contribution is 7.99. The van der Waals surface area contributed by atoms with Gasteiger partial charge in [0.1, 0.15) is 0 Å². The van der Waals surface area contributed by atoms with E-state index in [0.29, 0.717) is 6.04 Å². The molecule has 2 heterocycles. The first-order valence-corrected chi connectivity index (χ1v) is 8.08. The number of hydrogen-bond acceptors (Lipinski definition) is 3. The molecule has 3 rings (SSSR count). The molecule has 0 radical (unpaired) electrons. The van der Waals surface area contributed by atoms with Crippen molar-refractivity contribution in [3.8, 4) is 0 Å². The van der Waals surface area contributed by atoms with Crippen molar-refractivity contribution in [3.63, 3.8) is 0 Å². The maximum atomic E-state index is 3.79. The Balaban J connectivity index is 1.60. The Kier molecular flexibility index (Phi) is 4.24. The number of nitrogens with one attached hydrogen (secondary N) is 2. The normalized spacial score (nSPS) is 27.8. The number of thioether (sulfide) groups is 1. The van der Waals surface area contributed by atoms with Gasteiger partial charge in [-0.15, -0.1) is 11.8 Å². The molecule has 0 aliphatic carbocycles. The highest BCUT2D eigenvalue weighted by atomic mass is 32.2. The number of hydrogen-bond donors (Lipinski definition) is 2. The second kappa shape index (κ2) is 6.09. The van der Waals surface area contributed by atoms with Crippen molar-refractivity contribution in [3.05, 3.63) is 29.8 Å². The maximum absolute atomic E-state index is 3.79. The van der Waals surface area contributed by atoms with Crippen molar-refractivity contribution in [2.45, 2.75) is 30.2 Å². The van der Waals surface area contributed by atoms with Crippen LogP contribution in [0.5, 0.6) is 0 Å². The summed E-state index contributed by atoms with van der Waals surface area (Å²) in [6, 6.07) is 9.44. The lowest BCUT2D eigenvalue weighted by Crippen LogP contribution is -2.37. The molecule has 2 atom stereocenters. The summed E-state index contributed by atoms with van der Waals surface area (Å²) in [4.78, 5) is 1.48. The minimum absolute atomic E-state index is 0.573. The average Bonchev–Trinajstić information content (AvgIpc) is 2.46. The molecule has 0 saturated carbocycles. The SMILES string of the molecule is c1ccc2c(c1)SCCC2NCC1CCCNC1. The second-order valence-electron chi connectivity index (χ2n) is 5.35. The second-order valence-corrected chi connectivity index (χ2v) is 6.48. The van der Waals surface area contributed by atoms with Gasteiger partial charge in [-0.25, -0.2) is 0 Å². The fraction of sp³-hybridized carbons (Fsp3) is 0.600. The molecule has 0 amide bonds. The molecule has 18 heavy (non-hydrogen) atoms. The standard InChI is InChI=1S/C15H22N2S/c1-2-6-15-13(5-1)14(7-9-18-15)17-11-12-4-3-8-16-10-12/h1-2,5-6,12,14,16-17H,3-4,7-11H2. The van der Waals surface area contributed by atoms with E-state index >= 15 is 0 Å². The zero-order chi connectivity index (χ0) is 12.2. The van der Waals surface area contributed by atoms with E-state index in [-0.39, 0.29) is 0 Å². The van der Waals surface area contributed by atoms with Crippen molar-refractivity contribution >= 4 is 11.8 Å². The summed E-state index contributed by atoms with van der Waals surface area (Å²) >= 11 is 2.00. The van der Waals surface area contributed by atoms with E-state index in [1.807, 2.05) is 11.8 Å². The van der Waals surface area contributed by atoms with Gasteiger partial charge < -0.3 is 10.6 Å². The van der Waals surface area contributed by atoms with Gasteiger partial charge in [0, 0.05) is 10.9 Å². The third kappa shape index (κ3) is 2.90. The largest absolute Gasteiger partial charge is 0.316 e. The van der Waals surface area contributed by atoms with Crippen LogP contribution in [0, 0.1) is 5.92 Å². The Hall–Kier alpha value is -0.510. The zero-order valence-electron chi connectivity index (χ0n) is 10.8. The number of benzene rings is 1. The lowest BCUT2D eigenvalue weighted by Gasteiger charge is -2.29. The van der Waals surface area contributed by atoms with Gasteiger partial charge in [-0.2, -0.15) is 0 Å². The quantitative estimate of drug-likeness (QED) is 0.876. The van der Waals surface area contributed by atoms with E-state index in [4.69, 9.17) is 0 Å². The van der Waals surface area contributed by atoms with E-state index in [9.17, 15) is 0 Å². The highest BCUT2D eigenvalue weighted by Crippen LogP contribution is 2.35. The van der Waals surface area contributed by atoms with E-state index in [2.05, 4.69) is 34.9 Å². The third-order valence-electron chi connectivity index (χ3n) is 4.01. The third-order valence-corrected chi connectivity index (χ3v) is 5.13. The Morgan fingerprint density at radius 3 is 3.11 bits per heavy atom. The van der Waals surface area contributed by atoms with Gasteiger partial charge in [-0.3, -0.25) is 0 Å². The topological polar surface area (TPSA) is 24.1 Å². The van der Waals surface area contributed by atoms with Crippen LogP contribution in [0.25, 0.3) is 0 Å². The van der Waals surface area contributed by atoms with Crippen LogP contribution in [0.15, 0.2) is 29.2 Å². The van der Waals surface area contributed by atoms with E-state index < -0.39 is 0 Å². The van der Waals surface area contributed by atoms with E-state index in [1.54, 1.807) is 0 Å². The van der Waals surface area contributed by atoms with Crippen LogP contribution in [0.2, 0.25) is 0 Å². The molecule has 1 saturated heterocycles. The zero-order valence-corrected chi connectivity index (χ0v) is 11.6. The summed E-state index contributed by atoms with van der Waals surface area (Å²) in [5.41, 5.74) is 1.51. The average molecular weight is 262 g/mol. The Morgan fingerprint density at radius 2 is 2.22 bits per heavy atom. The van der Waals surface area contributed by atoms with Gasteiger partial charge in [0.25, 0.3) is 0 Å². The van der Waals surface area contributed by atoms with Crippen molar-refractivity contribution in [1.29, 1.82) is 0 Å². The van der Waals surface area contributed by atoms with Gasteiger partial charge in [0.2, 0.25) is 0 Å². The lowest BCUT2D eigenvalue weighted by molar-refractivity contribution is 0.340. The van der Waals surface area contributed by atoms with Gasteiger partial charge in [-0.05, 0) is 62.2 Å². The first-order chi connectivity index (χ1) is 8.93. The molecular weight excluding hydrogens is 240 g/mol. The molecule has 2 aliphatic heterocycles. The van der Waals surface area contributed by atoms with Crippen molar-refractivity contribution in [2.24, 2.45) is 5.92 Å². The van der Waals surface area contributed by atoms with Crippen LogP contribution >= 0.6 is 11.8 Å². The molecule has 2 nitrogen and oxygen atoms in total. The summed E-state index contributed by atoms with van der Waals surface area (Å²) < 4.78 is 0. The Morgan fingerprint density at radius 1 is 1.28 bits per heavy atom. The molecule has 1 fully saturated rings. The molecule has 0 spiro atoms. The lowest BCUT2D eigenvalue weighted by atomic mass is 9.98. The van der Waals surface area contributed by atoms with Crippen LogP contribution in [-0.2, 0) is 0 Å². The first kappa shape index (κ1) is 12.5. The van der Waals surface area contributed by atoms with Crippen molar-refractivity contribution < 1.29 is 0 Å². The Labute approximate surface area is 114 Å². The summed E-state index contributed by atoms with van der Waals surface area (Å²) in [5.74, 6) is 2.07. The van der Waals surface area contributed by atoms with Crippen molar-refractivity contribution in [2.75, 3.05) is 25.4 Å². The highest BCUT2D eigenvalue weighted by Gasteiger charge is 2.21. The number of fused-ring (bicyclic) bond motifs is 1. The predicted molar refractivity (Wildman–Crippen MR) is 78.1 cm³/mol. The summed E-state index contributed by atoms with van der Waals surface area (Å²) in [7, 11) is 0. The maximum Gasteiger partial charge on any atom is 0.0339 e. The van der Waals surface area contributed by atoms with Gasteiger partial charge in [-0.1, -0.05) is 18.2 Å². The van der Waals surface area contributed by atoms with Crippen molar-refractivity contribution in [1.82, 2.24) is 10.6 Å².